The first-order chi connectivity index (χ1) is 41.8. The molecule has 0 radical (unpaired) electrons. The van der Waals surface area contributed by atoms with Crippen molar-refractivity contribution in [3.63, 3.8) is 0 Å². The molecule has 13 aromatic rings. The van der Waals surface area contributed by atoms with Crippen LogP contribution in [-0.2, 0) is 16.2 Å². The number of aromatic nitrogens is 1. The van der Waals surface area contributed by atoms with E-state index in [1.54, 1.807) is 0 Å². The number of benzene rings is 11. The van der Waals surface area contributed by atoms with Crippen molar-refractivity contribution < 1.29 is 4.42 Å². The fourth-order valence-corrected chi connectivity index (χ4v) is 14.3. The molecule has 0 atom stereocenters. The van der Waals surface area contributed by atoms with Gasteiger partial charge in [-0.05, 0) is 195 Å². The van der Waals surface area contributed by atoms with Gasteiger partial charge >= 0.3 is 0 Å². The van der Waals surface area contributed by atoms with Crippen LogP contribution in [0, 0.1) is 20.8 Å². The van der Waals surface area contributed by atoms with E-state index in [1.165, 1.54) is 88.8 Å². The van der Waals surface area contributed by atoms with Crippen LogP contribution in [0.15, 0.2) is 229 Å². The van der Waals surface area contributed by atoms with E-state index in [-0.39, 0.29) is 23.0 Å². The Labute approximate surface area is 512 Å². The third kappa shape index (κ3) is 8.81. The predicted molar refractivity (Wildman–Crippen MR) is 373 cm³/mol. The predicted octanol–water partition coefficient (Wildman–Crippen LogP) is 20.7. The monoisotopic (exact) mass is 1130 g/mol. The summed E-state index contributed by atoms with van der Waals surface area (Å²) in [5, 5.41) is 4.71. The molecule has 426 valence electrons. The number of furan rings is 1. The van der Waals surface area contributed by atoms with Gasteiger partial charge in [0.1, 0.15) is 11.2 Å². The molecule has 0 saturated carbocycles. The van der Waals surface area contributed by atoms with E-state index in [9.17, 15) is 0 Å². The summed E-state index contributed by atoms with van der Waals surface area (Å²) >= 11 is 0. The molecule has 0 aliphatic carbocycles. The molecule has 0 spiro atoms. The molecule has 4 heterocycles. The first-order valence-corrected chi connectivity index (χ1v) is 30.9. The fraction of sp³-hybridized carbons (Fsp3) is 0.185. The van der Waals surface area contributed by atoms with Gasteiger partial charge in [-0.3, -0.25) is 0 Å². The van der Waals surface area contributed by atoms with Crippen LogP contribution in [0.25, 0.3) is 60.6 Å². The summed E-state index contributed by atoms with van der Waals surface area (Å²) in [5.41, 5.74) is 29.1. The molecule has 87 heavy (non-hydrogen) atoms. The smallest absolute Gasteiger partial charge is 0.252 e. The third-order valence-corrected chi connectivity index (χ3v) is 18.7. The maximum atomic E-state index is 6.72. The van der Waals surface area contributed by atoms with Crippen LogP contribution in [0.3, 0.4) is 0 Å². The Hall–Kier alpha value is -9.52. The molecule has 15 rings (SSSR count). The van der Waals surface area contributed by atoms with E-state index in [4.69, 9.17) is 4.42 Å². The van der Waals surface area contributed by atoms with Gasteiger partial charge < -0.3 is 23.7 Å². The van der Waals surface area contributed by atoms with Crippen LogP contribution in [0.5, 0.6) is 0 Å². The quantitative estimate of drug-likeness (QED) is 0.149. The Morgan fingerprint density at radius 2 is 0.966 bits per heavy atom. The van der Waals surface area contributed by atoms with Gasteiger partial charge in [0.2, 0.25) is 0 Å². The second kappa shape index (κ2) is 19.8. The lowest BCUT2D eigenvalue weighted by Gasteiger charge is -2.45. The molecule has 2 aliphatic rings. The molecule has 0 N–H and O–H groups in total. The van der Waals surface area contributed by atoms with Crippen LogP contribution < -0.4 is 31.1 Å². The molecule has 0 fully saturated rings. The Morgan fingerprint density at radius 3 is 1.67 bits per heavy atom. The van der Waals surface area contributed by atoms with Gasteiger partial charge in [-0.2, -0.15) is 0 Å². The average molecular weight is 1130 g/mol. The van der Waals surface area contributed by atoms with Crippen LogP contribution in [-0.4, -0.2) is 11.3 Å². The Kier molecular flexibility index (Phi) is 12.3. The van der Waals surface area contributed by atoms with Crippen molar-refractivity contribution in [3.05, 3.63) is 258 Å². The fourth-order valence-electron chi connectivity index (χ4n) is 14.3. The maximum absolute atomic E-state index is 6.72. The Bertz CT molecular complexity index is 4890. The molecule has 0 amide bonds. The van der Waals surface area contributed by atoms with Crippen molar-refractivity contribution in [3.8, 4) is 16.8 Å². The number of aryl methyl sites for hydroxylation is 3. The number of hydrogen-bond donors (Lipinski definition) is 0. The zero-order valence-electron chi connectivity index (χ0n) is 52.1. The summed E-state index contributed by atoms with van der Waals surface area (Å²) < 4.78 is 9.15. The first-order valence-electron chi connectivity index (χ1n) is 30.9. The molecular weight excluding hydrogens is 1060 g/mol. The lowest BCUT2D eigenvalue weighted by Crippen LogP contribution is -2.61. The molecule has 6 heteroatoms. The first kappa shape index (κ1) is 54.2. The maximum Gasteiger partial charge on any atom is 0.252 e. The zero-order valence-corrected chi connectivity index (χ0v) is 52.1. The number of fused-ring (bicyclic) bond motifs is 10. The Morgan fingerprint density at radius 1 is 0.391 bits per heavy atom. The number of hydrogen-bond acceptors (Lipinski definition) is 4. The lowest BCUT2D eigenvalue weighted by molar-refractivity contribution is 0.590. The molecule has 0 saturated heterocycles. The van der Waals surface area contributed by atoms with Gasteiger partial charge in [-0.15, -0.1) is 0 Å². The summed E-state index contributed by atoms with van der Waals surface area (Å²) in [4.78, 5) is 7.67. The summed E-state index contributed by atoms with van der Waals surface area (Å²) in [7, 11) is 0. The molecule has 2 aliphatic heterocycles. The molecular formula is C81H73BN4O. The normalized spacial score (nSPS) is 13.2. The van der Waals surface area contributed by atoms with Gasteiger partial charge in [-0.1, -0.05) is 184 Å². The average Bonchev–Trinajstić information content (AvgIpc) is 1.42. The molecule has 0 unspecified atom stereocenters. The molecule has 2 aromatic heterocycles. The van der Waals surface area contributed by atoms with E-state index in [0.717, 1.165) is 72.7 Å². The van der Waals surface area contributed by atoms with E-state index in [1.807, 2.05) is 0 Å². The minimum atomic E-state index is -0.0863. The Balaban J connectivity index is 1.00. The van der Waals surface area contributed by atoms with Crippen molar-refractivity contribution in [2.75, 3.05) is 14.7 Å². The number of anilines is 9. The largest absolute Gasteiger partial charge is 0.455 e. The van der Waals surface area contributed by atoms with E-state index in [0.29, 0.717) is 0 Å². The van der Waals surface area contributed by atoms with Crippen molar-refractivity contribution >= 4 is 118 Å². The van der Waals surface area contributed by atoms with Gasteiger partial charge in [0, 0.05) is 78.3 Å². The number of para-hydroxylation sites is 4. The van der Waals surface area contributed by atoms with Crippen LogP contribution in [0.1, 0.15) is 95.7 Å². The SMILES string of the molecule is Cc1cc2c3c(c1)N(c1c(C)cc(-c4cccc5c4oc4ccccc45)cc1C)c1cc(N(c4ccc(C(C)(C)C)cc4)c4ccc5c6ccccc6n(-c6ccccc6)c5c4)ccc1B3c1cc(C(C)(C)C)ccc1N2c1ccc(C(C)(C)C)cc1. The highest BCUT2D eigenvalue weighted by atomic mass is 16.3. The molecule has 11 aromatic carbocycles. The molecule has 0 bridgehead atoms. The van der Waals surface area contributed by atoms with Crippen molar-refractivity contribution in [2.45, 2.75) is 99.3 Å². The number of nitrogens with zero attached hydrogens (tertiary/aromatic N) is 4. The number of rotatable bonds is 7. The van der Waals surface area contributed by atoms with E-state index >= 15 is 0 Å². The van der Waals surface area contributed by atoms with E-state index in [2.05, 4.69) is 327 Å². The van der Waals surface area contributed by atoms with Gasteiger partial charge in [0.05, 0.1) is 16.7 Å². The molecule has 5 nitrogen and oxygen atoms in total. The minimum absolute atomic E-state index is 0.0147. The van der Waals surface area contributed by atoms with Gasteiger partial charge in [0.15, 0.2) is 0 Å². The van der Waals surface area contributed by atoms with Crippen LogP contribution in [0.4, 0.5) is 51.2 Å². The van der Waals surface area contributed by atoms with E-state index < -0.39 is 0 Å². The standard InChI is InChI=1S/C81H73BN4O/c1-50-43-73-76-74(44-50)86(77-51(2)45-53(46-52(77)3)62-25-20-26-66-65-24-17-19-28-75(65)87-78(62)66)72-49-61(39-41-67(72)82(76)68-47-56(81(10,11)12)33-42-70(68)85(73)59-36-31-55(32-37-59)80(7,8)9)83(58-34-29-54(30-35-58)79(4,5)6)60-38-40-64-63-23-16-18-27-69(63)84(71(64)48-60)57-21-14-13-15-22-57/h13-49H,1-12H3. The highest BCUT2D eigenvalue weighted by Crippen LogP contribution is 2.50. The second-order valence-electron chi connectivity index (χ2n) is 27.6. The topological polar surface area (TPSA) is 27.8 Å². The zero-order chi connectivity index (χ0) is 60.0. The highest BCUT2D eigenvalue weighted by molar-refractivity contribution is 7.00. The highest BCUT2D eigenvalue weighted by Gasteiger charge is 2.45. The minimum Gasteiger partial charge on any atom is -0.455 e. The van der Waals surface area contributed by atoms with Crippen molar-refractivity contribution in [2.24, 2.45) is 0 Å². The lowest BCUT2D eigenvalue weighted by atomic mass is 9.33. The third-order valence-electron chi connectivity index (χ3n) is 18.7. The summed E-state index contributed by atoms with van der Waals surface area (Å²) in [6.45, 7) is 27.6. The summed E-state index contributed by atoms with van der Waals surface area (Å²) in [6.07, 6.45) is 0. The van der Waals surface area contributed by atoms with Crippen LogP contribution >= 0.6 is 0 Å². The second-order valence-corrected chi connectivity index (χ2v) is 27.6. The van der Waals surface area contributed by atoms with Crippen molar-refractivity contribution in [1.82, 2.24) is 4.57 Å². The summed E-state index contributed by atoms with van der Waals surface area (Å²) in [5.74, 6) is 0. The van der Waals surface area contributed by atoms with Crippen molar-refractivity contribution in [1.29, 1.82) is 0 Å². The van der Waals surface area contributed by atoms with Gasteiger partial charge in [0.25, 0.3) is 6.71 Å². The van der Waals surface area contributed by atoms with Gasteiger partial charge in [-0.25, -0.2) is 0 Å². The van der Waals surface area contributed by atoms with Crippen LogP contribution in [0.2, 0.25) is 0 Å². The summed E-state index contributed by atoms with van der Waals surface area (Å²) in [6, 6.07) is 84.6.